The molecular formula is C30H59NO. The van der Waals surface area contributed by atoms with Crippen molar-refractivity contribution in [1.29, 1.82) is 0 Å². The van der Waals surface area contributed by atoms with Crippen LogP contribution in [0.3, 0.4) is 0 Å². The van der Waals surface area contributed by atoms with E-state index >= 15 is 0 Å². The fourth-order valence-electron chi connectivity index (χ4n) is 6.69. The van der Waals surface area contributed by atoms with Crippen molar-refractivity contribution in [3.05, 3.63) is 4.91 Å². The van der Waals surface area contributed by atoms with E-state index in [1.807, 2.05) is 0 Å². The van der Waals surface area contributed by atoms with Gasteiger partial charge in [0.25, 0.3) is 0 Å². The SMILES string of the molecule is CCC(C)CC1CC(CC(C)CC)CC(CC(C)CC)C(CCN=O)C(CC(C)CC)C1. The third-order valence-corrected chi connectivity index (χ3v) is 9.37. The molecule has 0 amide bonds. The van der Waals surface area contributed by atoms with Crippen LogP contribution in [-0.4, -0.2) is 6.54 Å². The minimum atomic E-state index is 0.519. The Balaban J connectivity index is 3.28. The largest absolute Gasteiger partial charge is 0.151 e. The smallest absolute Gasteiger partial charge is 0.0814 e. The van der Waals surface area contributed by atoms with Crippen LogP contribution in [0, 0.1) is 58.2 Å². The maximum absolute atomic E-state index is 11.2. The molecule has 0 radical (unpaired) electrons. The first kappa shape index (κ1) is 29.6. The lowest BCUT2D eigenvalue weighted by atomic mass is 9.62. The molecule has 32 heavy (non-hydrogen) atoms. The van der Waals surface area contributed by atoms with Crippen LogP contribution in [0.1, 0.15) is 132 Å². The summed E-state index contributed by atoms with van der Waals surface area (Å²) in [6.45, 7) is 19.8. The zero-order valence-corrected chi connectivity index (χ0v) is 23.2. The second-order valence-electron chi connectivity index (χ2n) is 12.3. The van der Waals surface area contributed by atoms with E-state index in [9.17, 15) is 4.91 Å². The van der Waals surface area contributed by atoms with Gasteiger partial charge in [-0.1, -0.05) is 86.3 Å². The summed E-state index contributed by atoms with van der Waals surface area (Å²) in [7, 11) is 0. The van der Waals surface area contributed by atoms with Gasteiger partial charge in [-0.05, 0) is 105 Å². The molecule has 2 heteroatoms. The van der Waals surface area contributed by atoms with Crippen molar-refractivity contribution in [3.8, 4) is 0 Å². The van der Waals surface area contributed by atoms with Gasteiger partial charge in [-0.3, -0.25) is 0 Å². The number of nitrogens with zero attached hydrogens (tertiary/aromatic N) is 1. The predicted octanol–water partition coefficient (Wildman–Crippen LogP) is 10.2. The van der Waals surface area contributed by atoms with Crippen molar-refractivity contribution in [3.63, 3.8) is 0 Å². The molecule has 0 N–H and O–H groups in total. The Hall–Kier alpha value is -0.400. The molecule has 8 unspecified atom stereocenters. The Morgan fingerprint density at radius 2 is 1.00 bits per heavy atom. The molecule has 0 bridgehead atoms. The first-order chi connectivity index (χ1) is 15.3. The summed E-state index contributed by atoms with van der Waals surface area (Å²) in [5, 5.41) is 3.36. The van der Waals surface area contributed by atoms with E-state index in [1.165, 1.54) is 70.6 Å². The minimum absolute atomic E-state index is 0.519. The second-order valence-corrected chi connectivity index (χ2v) is 12.3. The molecule has 1 aliphatic carbocycles. The number of hydrogen-bond acceptors (Lipinski definition) is 2. The normalized spacial score (nSPS) is 30.7. The highest BCUT2D eigenvalue weighted by Gasteiger charge is 2.37. The average molecular weight is 450 g/mol. The lowest BCUT2D eigenvalue weighted by molar-refractivity contribution is 0.0717. The third-order valence-electron chi connectivity index (χ3n) is 9.37. The lowest BCUT2D eigenvalue weighted by Crippen LogP contribution is -2.34. The van der Waals surface area contributed by atoms with Crippen LogP contribution in [0.2, 0.25) is 0 Å². The Morgan fingerprint density at radius 3 is 1.34 bits per heavy atom. The van der Waals surface area contributed by atoms with E-state index in [2.05, 4.69) is 60.6 Å². The molecule has 0 aromatic carbocycles. The minimum Gasteiger partial charge on any atom is -0.151 e. The summed E-state index contributed by atoms with van der Waals surface area (Å²) in [4.78, 5) is 11.2. The fraction of sp³-hybridized carbons (Fsp3) is 1.00. The van der Waals surface area contributed by atoms with E-state index in [-0.39, 0.29) is 0 Å². The summed E-state index contributed by atoms with van der Waals surface area (Å²) in [6.07, 6.45) is 15.9. The highest BCUT2D eigenvalue weighted by Crippen LogP contribution is 2.47. The molecule has 190 valence electrons. The maximum Gasteiger partial charge on any atom is 0.0814 e. The zero-order valence-electron chi connectivity index (χ0n) is 23.2. The highest BCUT2D eigenvalue weighted by molar-refractivity contribution is 4.88. The third kappa shape index (κ3) is 10.7. The predicted molar refractivity (Wildman–Crippen MR) is 143 cm³/mol. The number of nitroso groups, excluding NO2 is 1. The van der Waals surface area contributed by atoms with Gasteiger partial charge in [-0.25, -0.2) is 0 Å². The molecule has 1 fully saturated rings. The summed E-state index contributed by atoms with van der Waals surface area (Å²) >= 11 is 0. The van der Waals surface area contributed by atoms with Gasteiger partial charge in [0, 0.05) is 0 Å². The molecule has 0 heterocycles. The Morgan fingerprint density at radius 1 is 0.625 bits per heavy atom. The van der Waals surface area contributed by atoms with Crippen molar-refractivity contribution in [2.24, 2.45) is 58.4 Å². The quantitative estimate of drug-likeness (QED) is 0.229. The summed E-state index contributed by atoms with van der Waals surface area (Å²) < 4.78 is 0. The Bertz CT molecular complexity index is 441. The monoisotopic (exact) mass is 449 g/mol. The van der Waals surface area contributed by atoms with E-state index in [4.69, 9.17) is 0 Å². The molecule has 0 aromatic heterocycles. The van der Waals surface area contributed by atoms with Crippen LogP contribution in [-0.2, 0) is 0 Å². The Kier molecular flexibility index (Phi) is 15.1. The van der Waals surface area contributed by atoms with E-state index in [1.54, 1.807) is 0 Å². The number of rotatable bonds is 15. The summed E-state index contributed by atoms with van der Waals surface area (Å²) in [5.74, 6) is 7.21. The summed E-state index contributed by atoms with van der Waals surface area (Å²) in [6, 6.07) is 0. The van der Waals surface area contributed by atoms with Gasteiger partial charge in [0.2, 0.25) is 0 Å². The molecule has 0 saturated heterocycles. The fourth-order valence-corrected chi connectivity index (χ4v) is 6.69. The van der Waals surface area contributed by atoms with Crippen LogP contribution in [0.4, 0.5) is 0 Å². The van der Waals surface area contributed by atoms with Gasteiger partial charge in [0.15, 0.2) is 0 Å². The van der Waals surface area contributed by atoms with Gasteiger partial charge < -0.3 is 0 Å². The average Bonchev–Trinajstić information content (AvgIpc) is 2.77. The first-order valence-corrected chi connectivity index (χ1v) is 14.6. The lowest BCUT2D eigenvalue weighted by Gasteiger charge is -2.43. The van der Waals surface area contributed by atoms with Gasteiger partial charge in [0.1, 0.15) is 0 Å². The molecule has 1 rings (SSSR count). The van der Waals surface area contributed by atoms with Crippen molar-refractivity contribution in [1.82, 2.24) is 0 Å². The highest BCUT2D eigenvalue weighted by atomic mass is 16.3. The van der Waals surface area contributed by atoms with Crippen LogP contribution < -0.4 is 0 Å². The van der Waals surface area contributed by atoms with Crippen molar-refractivity contribution in [2.75, 3.05) is 6.54 Å². The van der Waals surface area contributed by atoms with Crippen LogP contribution in [0.25, 0.3) is 0 Å². The van der Waals surface area contributed by atoms with E-state index in [0.29, 0.717) is 12.5 Å². The molecule has 2 nitrogen and oxygen atoms in total. The molecule has 8 atom stereocenters. The van der Waals surface area contributed by atoms with E-state index in [0.717, 1.165) is 53.8 Å². The number of hydrogen-bond donors (Lipinski definition) is 0. The molecule has 0 spiro atoms. The van der Waals surface area contributed by atoms with Gasteiger partial charge >= 0.3 is 0 Å². The molecule has 1 saturated carbocycles. The Labute approximate surface area is 202 Å². The van der Waals surface area contributed by atoms with E-state index < -0.39 is 0 Å². The van der Waals surface area contributed by atoms with Crippen LogP contribution in [0.15, 0.2) is 5.18 Å². The molecule has 0 aliphatic heterocycles. The van der Waals surface area contributed by atoms with Crippen LogP contribution in [0.5, 0.6) is 0 Å². The second kappa shape index (κ2) is 16.3. The van der Waals surface area contributed by atoms with Crippen LogP contribution >= 0.6 is 0 Å². The zero-order chi connectivity index (χ0) is 24.1. The van der Waals surface area contributed by atoms with Crippen molar-refractivity contribution in [2.45, 2.75) is 132 Å². The standard InChI is InChI=1S/C30H59NO/c1-9-22(5)15-26-19-27(16-23(6)10-2)21-29(18-25(8)12-4)30(13-14-31-32)28(20-26)17-24(7)11-3/h22-30H,9-21H2,1-8H3. The van der Waals surface area contributed by atoms with Crippen molar-refractivity contribution >= 4 is 0 Å². The van der Waals surface area contributed by atoms with Gasteiger partial charge in [-0.15, -0.1) is 0 Å². The van der Waals surface area contributed by atoms with Crippen molar-refractivity contribution < 1.29 is 0 Å². The molecular weight excluding hydrogens is 390 g/mol. The summed E-state index contributed by atoms with van der Waals surface area (Å²) in [5.41, 5.74) is 0. The maximum atomic E-state index is 11.2. The molecule has 1 aliphatic rings. The topological polar surface area (TPSA) is 29.4 Å². The molecule has 0 aromatic rings. The van der Waals surface area contributed by atoms with Gasteiger partial charge in [0.05, 0.1) is 6.54 Å². The van der Waals surface area contributed by atoms with Gasteiger partial charge in [-0.2, -0.15) is 4.91 Å². The first-order valence-electron chi connectivity index (χ1n) is 14.6.